The number of quaternary nitrogens is 1. The quantitative estimate of drug-likeness (QED) is 0.0879. The van der Waals surface area contributed by atoms with Crippen molar-refractivity contribution in [1.29, 1.82) is 0 Å². The van der Waals surface area contributed by atoms with Crippen molar-refractivity contribution in [3.05, 3.63) is 89.5 Å². The minimum absolute atomic E-state index is 0. The van der Waals surface area contributed by atoms with Gasteiger partial charge in [-0.05, 0) is 66.9 Å². The Morgan fingerprint density at radius 2 is 1.39 bits per heavy atom. The predicted octanol–water partition coefficient (Wildman–Crippen LogP) is 3.46. The maximum atomic E-state index is 13.7. The van der Waals surface area contributed by atoms with Crippen molar-refractivity contribution >= 4 is 17.6 Å². The van der Waals surface area contributed by atoms with Crippen LogP contribution in [0, 0.1) is 11.6 Å². The van der Waals surface area contributed by atoms with Crippen molar-refractivity contribution in [2.24, 2.45) is 0 Å². The first-order valence-electron chi connectivity index (χ1n) is 13.7. The third-order valence-corrected chi connectivity index (χ3v) is 6.42. The normalized spacial score (nSPS) is 11.0. The second-order valence-electron chi connectivity index (χ2n) is 10.7. The molecule has 0 bridgehead atoms. The van der Waals surface area contributed by atoms with Crippen molar-refractivity contribution in [2.45, 2.75) is 44.9 Å². The van der Waals surface area contributed by atoms with Gasteiger partial charge in [0.15, 0.2) is 0 Å². The van der Waals surface area contributed by atoms with Crippen molar-refractivity contribution in [1.82, 2.24) is 9.80 Å². The number of amides is 1. The van der Waals surface area contributed by atoms with E-state index in [0.29, 0.717) is 31.4 Å². The maximum absolute atomic E-state index is 13.7. The van der Waals surface area contributed by atoms with Crippen LogP contribution < -0.4 is 43.3 Å². The Morgan fingerprint density at radius 1 is 0.780 bits per heavy atom. The average Bonchev–Trinajstić information content (AvgIpc) is 2.90. The number of unbranched alkanes of at least 4 members (excludes halogenated alkanes) is 5. The Kier molecular flexibility index (Phi) is 14.2. The summed E-state index contributed by atoms with van der Waals surface area (Å²) in [6.07, 6.45) is 6.62. The predicted molar refractivity (Wildman–Crippen MR) is 154 cm³/mol. The lowest BCUT2D eigenvalue weighted by atomic mass is 10.1. The molecule has 0 radical (unpaired) electrons. The lowest BCUT2D eigenvalue weighted by molar-refractivity contribution is -0.120. The largest absolute Gasteiger partial charge is 1.00 e. The van der Waals surface area contributed by atoms with E-state index >= 15 is 0 Å². The summed E-state index contributed by atoms with van der Waals surface area (Å²) in [5.74, 6) is -1.67. The molecular formula is C32H39F2IN2O4. The first kappa shape index (κ1) is 34.2. The zero-order chi connectivity index (χ0) is 29.0. The van der Waals surface area contributed by atoms with Gasteiger partial charge in [0, 0.05) is 12.6 Å². The number of benzene rings is 3. The van der Waals surface area contributed by atoms with E-state index in [1.165, 1.54) is 5.69 Å². The fourth-order valence-corrected chi connectivity index (χ4v) is 4.08. The van der Waals surface area contributed by atoms with Gasteiger partial charge in [0.25, 0.3) is 0 Å². The van der Waals surface area contributed by atoms with Crippen LogP contribution in [0.5, 0.6) is 11.5 Å². The fourth-order valence-electron chi connectivity index (χ4n) is 4.08. The number of nitrogens with zero attached hydrogens (tertiary/aromatic N) is 1. The summed E-state index contributed by atoms with van der Waals surface area (Å²) in [4.78, 5) is 24.3. The minimum atomic E-state index is -0.968. The highest BCUT2D eigenvalue weighted by Crippen LogP contribution is 2.20. The van der Waals surface area contributed by atoms with E-state index in [2.05, 4.69) is 38.6 Å². The second kappa shape index (κ2) is 17.0. The van der Waals surface area contributed by atoms with Crippen LogP contribution in [0.25, 0.3) is 0 Å². The third-order valence-electron chi connectivity index (χ3n) is 6.42. The molecule has 0 heterocycles. The Hall–Kier alpha value is -3.05. The topological polar surface area (TPSA) is 64.6 Å². The van der Waals surface area contributed by atoms with Crippen LogP contribution in [0.2, 0.25) is 0 Å². The van der Waals surface area contributed by atoms with Gasteiger partial charge in [0.2, 0.25) is 5.91 Å². The molecule has 0 fully saturated rings. The van der Waals surface area contributed by atoms with Crippen molar-refractivity contribution in [3.8, 4) is 11.5 Å². The SMILES string of the molecule is C[N+](C)(C)c1ccc(CC(=O)NCCCCCCCCOc2ccc(OC(=O)c3ccc(F)cc3F)cc2)cc1.[I-]. The molecule has 0 aliphatic carbocycles. The summed E-state index contributed by atoms with van der Waals surface area (Å²) in [7, 11) is 6.35. The lowest BCUT2D eigenvalue weighted by Crippen LogP contribution is -3.00. The molecule has 3 rings (SSSR count). The van der Waals surface area contributed by atoms with E-state index < -0.39 is 17.6 Å². The molecule has 1 amide bonds. The standard InChI is InChI=1S/C32H38F2N2O4.HI/c1-36(2,3)26-13-10-24(11-14-26)22-31(37)35-20-8-6-4-5-7-9-21-39-27-15-17-28(18-16-27)40-32(38)29-19-12-25(33)23-30(29)34;/h10-19,23H,4-9,20-22H2,1-3H3;1H. The monoisotopic (exact) mass is 680 g/mol. The van der Waals surface area contributed by atoms with Gasteiger partial charge in [-0.3, -0.25) is 9.28 Å². The van der Waals surface area contributed by atoms with Gasteiger partial charge >= 0.3 is 5.97 Å². The van der Waals surface area contributed by atoms with Gasteiger partial charge in [-0.1, -0.05) is 37.8 Å². The van der Waals surface area contributed by atoms with Gasteiger partial charge in [0.1, 0.15) is 28.8 Å². The smallest absolute Gasteiger partial charge is 0.346 e. The summed E-state index contributed by atoms with van der Waals surface area (Å²) in [5.41, 5.74) is 1.90. The highest BCUT2D eigenvalue weighted by atomic mass is 127. The van der Waals surface area contributed by atoms with Crippen LogP contribution in [0.4, 0.5) is 14.5 Å². The summed E-state index contributed by atoms with van der Waals surface area (Å²) in [5, 5.41) is 3.01. The fraction of sp³-hybridized carbons (Fsp3) is 0.375. The number of hydrogen-bond donors (Lipinski definition) is 1. The van der Waals surface area contributed by atoms with Crippen LogP contribution in [0.1, 0.15) is 54.4 Å². The molecule has 0 aliphatic rings. The number of ether oxygens (including phenoxy) is 2. The molecule has 0 aromatic heterocycles. The molecule has 0 atom stereocenters. The Morgan fingerprint density at radius 3 is 2.02 bits per heavy atom. The van der Waals surface area contributed by atoms with Crippen LogP contribution in [0.15, 0.2) is 66.7 Å². The van der Waals surface area contributed by atoms with Gasteiger partial charge in [-0.2, -0.15) is 0 Å². The third kappa shape index (κ3) is 12.1. The van der Waals surface area contributed by atoms with Crippen LogP contribution in [-0.4, -0.2) is 46.2 Å². The highest BCUT2D eigenvalue weighted by molar-refractivity contribution is 5.91. The summed E-state index contributed by atoms with van der Waals surface area (Å²) in [6, 6.07) is 17.4. The van der Waals surface area contributed by atoms with E-state index in [9.17, 15) is 18.4 Å². The zero-order valence-electron chi connectivity index (χ0n) is 23.9. The number of carbonyl (C=O) groups excluding carboxylic acids is 2. The number of nitrogens with one attached hydrogen (secondary N) is 1. The second-order valence-corrected chi connectivity index (χ2v) is 10.7. The van der Waals surface area contributed by atoms with Gasteiger partial charge in [-0.15, -0.1) is 0 Å². The number of hydrogen-bond acceptors (Lipinski definition) is 4. The molecule has 0 unspecified atom stereocenters. The molecule has 0 saturated carbocycles. The van der Waals surface area contributed by atoms with E-state index in [-0.39, 0.29) is 41.2 Å². The minimum Gasteiger partial charge on any atom is -1.00 e. The van der Waals surface area contributed by atoms with Crippen molar-refractivity contribution in [2.75, 3.05) is 34.3 Å². The van der Waals surface area contributed by atoms with Crippen molar-refractivity contribution < 1.29 is 51.8 Å². The van der Waals surface area contributed by atoms with E-state index in [1.807, 2.05) is 12.1 Å². The summed E-state index contributed by atoms with van der Waals surface area (Å²) >= 11 is 0. The number of halogens is 3. The molecule has 3 aromatic carbocycles. The molecule has 1 N–H and O–H groups in total. The Labute approximate surface area is 258 Å². The van der Waals surface area contributed by atoms with Gasteiger partial charge < -0.3 is 38.8 Å². The van der Waals surface area contributed by atoms with Crippen LogP contribution in [-0.2, 0) is 11.2 Å². The molecule has 222 valence electrons. The Balaban J connectivity index is 0.00000588. The maximum Gasteiger partial charge on any atom is 0.346 e. The number of rotatable bonds is 15. The molecule has 6 nitrogen and oxygen atoms in total. The molecule has 3 aromatic rings. The molecule has 41 heavy (non-hydrogen) atoms. The van der Waals surface area contributed by atoms with Crippen LogP contribution in [0.3, 0.4) is 0 Å². The summed E-state index contributed by atoms with van der Waals surface area (Å²) < 4.78 is 38.4. The van der Waals surface area contributed by atoms with Gasteiger partial charge in [0.05, 0.1) is 39.7 Å². The first-order valence-corrected chi connectivity index (χ1v) is 13.7. The Bertz CT molecular complexity index is 1250. The summed E-state index contributed by atoms with van der Waals surface area (Å²) in [6.45, 7) is 1.27. The number of esters is 1. The number of carbonyl (C=O) groups is 2. The lowest BCUT2D eigenvalue weighted by Gasteiger charge is -2.23. The average molecular weight is 681 g/mol. The zero-order valence-corrected chi connectivity index (χ0v) is 26.1. The highest BCUT2D eigenvalue weighted by Gasteiger charge is 2.15. The molecule has 9 heteroatoms. The van der Waals surface area contributed by atoms with Crippen LogP contribution >= 0.6 is 0 Å². The first-order chi connectivity index (χ1) is 19.1. The van der Waals surface area contributed by atoms with E-state index in [0.717, 1.165) is 60.7 Å². The van der Waals surface area contributed by atoms with Crippen molar-refractivity contribution in [3.63, 3.8) is 0 Å². The van der Waals surface area contributed by atoms with E-state index in [1.54, 1.807) is 24.3 Å². The van der Waals surface area contributed by atoms with Gasteiger partial charge in [-0.25, -0.2) is 13.6 Å². The molecule has 0 spiro atoms. The van der Waals surface area contributed by atoms with E-state index in [4.69, 9.17) is 9.47 Å². The molecule has 0 saturated heterocycles. The molecular weight excluding hydrogens is 641 g/mol. The molecule has 0 aliphatic heterocycles.